The van der Waals surface area contributed by atoms with Gasteiger partial charge in [0.1, 0.15) is 12.4 Å². The first-order valence-electron chi connectivity index (χ1n) is 7.46. The number of nitrogens with zero attached hydrogens (tertiary/aromatic N) is 4. The average Bonchev–Trinajstić information content (AvgIpc) is 2.90. The molecule has 0 radical (unpaired) electrons. The number of carbonyl (C=O) groups excluding carboxylic acids is 1. The molecule has 7 N–H and O–H groups in total. The quantitative estimate of drug-likeness (QED) is 0.135. The molecule has 0 aliphatic carbocycles. The number of nitrogens with two attached hydrogens (primary N) is 1. The predicted octanol–water partition coefficient (Wildman–Crippen LogP) is -0.207. The molecular formula is C10H19N7O8P2. The van der Waals surface area contributed by atoms with Crippen LogP contribution in [0.5, 0.6) is 0 Å². The molecule has 0 aromatic rings. The molecule has 0 aromatic carbocycles. The third-order valence-electron chi connectivity index (χ3n) is 3.73. The second-order valence-corrected chi connectivity index (χ2v) is 8.99. The highest BCUT2D eigenvalue weighted by Crippen LogP contribution is 2.48. The van der Waals surface area contributed by atoms with Gasteiger partial charge in [0.15, 0.2) is 0 Å². The molecule has 2 rings (SSSR count). The molecule has 1 saturated heterocycles. The van der Waals surface area contributed by atoms with Crippen molar-refractivity contribution in [3.05, 3.63) is 22.2 Å². The first-order valence-corrected chi connectivity index (χ1v) is 10.7. The number of amides is 2. The topological polar surface area (TPSA) is 232 Å². The van der Waals surface area contributed by atoms with Crippen molar-refractivity contribution >= 4 is 21.5 Å². The van der Waals surface area contributed by atoms with E-state index in [2.05, 4.69) is 19.9 Å². The minimum Gasteiger partial charge on any atom is -0.352 e. The van der Waals surface area contributed by atoms with Crippen molar-refractivity contribution in [1.82, 2.24) is 15.1 Å². The van der Waals surface area contributed by atoms with E-state index in [1.807, 2.05) is 0 Å². The van der Waals surface area contributed by atoms with Crippen LogP contribution in [0.1, 0.15) is 13.3 Å². The summed E-state index contributed by atoms with van der Waals surface area (Å²) in [5, 5.41) is 6.01. The highest BCUT2D eigenvalue weighted by molar-refractivity contribution is 7.66. The smallest absolute Gasteiger partial charge is 0.352 e. The first-order chi connectivity index (χ1) is 12.4. The number of hydrogen-bond acceptors (Lipinski definition) is 7. The lowest BCUT2D eigenvalue weighted by Gasteiger charge is -2.32. The second kappa shape index (κ2) is 8.25. The summed E-state index contributed by atoms with van der Waals surface area (Å²) < 4.78 is 32.6. The highest BCUT2D eigenvalue weighted by atomic mass is 31.3. The molecule has 152 valence electrons. The molecule has 27 heavy (non-hydrogen) atoms. The lowest BCUT2D eigenvalue weighted by molar-refractivity contribution is -0.0370. The minimum atomic E-state index is -5.02. The summed E-state index contributed by atoms with van der Waals surface area (Å²) in [6.07, 6.45) is -1.03. The molecule has 2 amide bonds. The van der Waals surface area contributed by atoms with Crippen LogP contribution in [-0.2, 0) is 18.4 Å². The van der Waals surface area contributed by atoms with Crippen LogP contribution in [0.25, 0.3) is 10.4 Å². The maximum absolute atomic E-state index is 12.1. The molecule has 0 spiro atoms. The summed E-state index contributed by atoms with van der Waals surface area (Å²) in [6, 6.07) is -1.40. The van der Waals surface area contributed by atoms with Gasteiger partial charge in [0, 0.05) is 17.5 Å². The van der Waals surface area contributed by atoms with Crippen LogP contribution in [0.3, 0.4) is 0 Å². The van der Waals surface area contributed by atoms with Crippen molar-refractivity contribution in [2.24, 2.45) is 10.8 Å². The molecule has 17 heteroatoms. The van der Waals surface area contributed by atoms with Gasteiger partial charge in [-0.2, -0.15) is 0 Å². The zero-order valence-corrected chi connectivity index (χ0v) is 15.7. The van der Waals surface area contributed by atoms with Gasteiger partial charge in [-0.3, -0.25) is 9.42 Å². The maximum atomic E-state index is 12.1. The number of azide groups is 1. The Balaban J connectivity index is 2.09. The number of nitrogens with one attached hydrogen (secondary N) is 2. The average molecular weight is 427 g/mol. The van der Waals surface area contributed by atoms with Crippen LogP contribution in [0.15, 0.2) is 16.9 Å². The number of carbonyl (C=O) groups is 1. The van der Waals surface area contributed by atoms with E-state index in [0.717, 1.165) is 4.86 Å². The molecular weight excluding hydrogens is 408 g/mol. The molecule has 1 fully saturated rings. The van der Waals surface area contributed by atoms with Gasteiger partial charge < -0.3 is 30.5 Å². The number of hydrogen-bond donors (Lipinski definition) is 6. The molecule has 0 saturated carbocycles. The van der Waals surface area contributed by atoms with Crippen LogP contribution in [0, 0.1) is 0 Å². The third-order valence-corrected chi connectivity index (χ3v) is 6.28. The summed E-state index contributed by atoms with van der Waals surface area (Å²) in [5.41, 5.74) is 15.0. The highest BCUT2D eigenvalue weighted by Gasteiger charge is 2.42. The molecule has 15 nitrogen and oxygen atoms in total. The Morgan fingerprint density at radius 3 is 2.81 bits per heavy atom. The fourth-order valence-electron chi connectivity index (χ4n) is 2.49. The van der Waals surface area contributed by atoms with Gasteiger partial charge in [-0.15, -0.1) is 4.86 Å². The van der Waals surface area contributed by atoms with E-state index >= 15 is 0 Å². The Bertz CT molecular complexity index is 765. The Hall–Kier alpha value is -1.50. The second-order valence-electron chi connectivity index (χ2n) is 5.80. The van der Waals surface area contributed by atoms with Crippen LogP contribution in [-0.4, -0.2) is 56.8 Å². The summed E-state index contributed by atoms with van der Waals surface area (Å²) in [5.74, 6) is 0. The Morgan fingerprint density at radius 2 is 2.22 bits per heavy atom. The van der Waals surface area contributed by atoms with E-state index in [1.54, 1.807) is 6.92 Å². The van der Waals surface area contributed by atoms with Gasteiger partial charge in [0.2, 0.25) is 0 Å². The van der Waals surface area contributed by atoms with Crippen LogP contribution in [0.4, 0.5) is 4.79 Å². The van der Waals surface area contributed by atoms with Crippen molar-refractivity contribution in [3.8, 4) is 0 Å². The standard InChI is InChI=1S/C10H19N7O8P2/c1-5-3-17(10(18)13-9(5)11)8-2-6(14-15-12)7(25-8)4-24-27(22,23)16-26(19,20)21/h3,6-9H,2,4,11H2,1H3,(H,13,18)(H4,16,19,20,21,22,23)/t6-,7-,8-,9?/m1/s1. The lowest BCUT2D eigenvalue weighted by Crippen LogP contribution is -2.54. The summed E-state index contributed by atoms with van der Waals surface area (Å²) in [6.45, 7) is 1.06. The molecule has 5 atom stereocenters. The number of ether oxygens (including phenoxy) is 1. The van der Waals surface area contributed by atoms with Crippen LogP contribution in [0.2, 0.25) is 0 Å². The summed E-state index contributed by atoms with van der Waals surface area (Å²) in [7, 11) is -9.87. The summed E-state index contributed by atoms with van der Waals surface area (Å²) in [4.78, 5) is 43.9. The zero-order chi connectivity index (χ0) is 20.4. The molecule has 0 aromatic heterocycles. The molecule has 2 aliphatic heterocycles. The molecule has 0 bridgehead atoms. The van der Waals surface area contributed by atoms with Gasteiger partial charge in [-0.1, -0.05) is 5.11 Å². The van der Waals surface area contributed by atoms with Gasteiger partial charge in [0.25, 0.3) is 0 Å². The van der Waals surface area contributed by atoms with E-state index in [4.69, 9.17) is 25.8 Å². The first kappa shape index (κ1) is 21.8. The van der Waals surface area contributed by atoms with E-state index in [9.17, 15) is 18.8 Å². The van der Waals surface area contributed by atoms with Gasteiger partial charge in [-0.05, 0) is 18.0 Å². The van der Waals surface area contributed by atoms with E-state index in [0.29, 0.717) is 5.57 Å². The van der Waals surface area contributed by atoms with E-state index in [1.165, 1.54) is 11.1 Å². The lowest BCUT2D eigenvalue weighted by atomic mass is 10.1. The Kier molecular flexibility index (Phi) is 6.66. The SMILES string of the molecule is CC1=CN([C@H]2C[C@@H](N=[N+]=[N-])[C@@H](COP(=O)(O)NP(=O)(O)O)O2)C(=O)NC1N. The number of urea groups is 1. The van der Waals surface area contributed by atoms with E-state index in [-0.39, 0.29) is 6.42 Å². The van der Waals surface area contributed by atoms with Gasteiger partial charge in [0.05, 0.1) is 18.8 Å². The maximum Gasteiger partial charge on any atom is 0.412 e. The Morgan fingerprint density at radius 1 is 1.56 bits per heavy atom. The largest absolute Gasteiger partial charge is 0.412 e. The van der Waals surface area contributed by atoms with Crippen LogP contribution >= 0.6 is 15.5 Å². The van der Waals surface area contributed by atoms with Gasteiger partial charge >= 0.3 is 21.5 Å². The Labute approximate surface area is 152 Å². The van der Waals surface area contributed by atoms with Gasteiger partial charge in [-0.25, -0.2) is 13.9 Å². The fourth-order valence-corrected chi connectivity index (χ4v) is 4.38. The van der Waals surface area contributed by atoms with Crippen molar-refractivity contribution in [1.29, 1.82) is 0 Å². The predicted molar refractivity (Wildman–Crippen MR) is 89.3 cm³/mol. The van der Waals surface area contributed by atoms with Crippen molar-refractivity contribution in [2.45, 2.75) is 37.9 Å². The normalized spacial score (nSPS) is 30.9. The monoisotopic (exact) mass is 427 g/mol. The molecule has 2 unspecified atom stereocenters. The minimum absolute atomic E-state index is 0.0617. The summed E-state index contributed by atoms with van der Waals surface area (Å²) >= 11 is 0. The van der Waals surface area contributed by atoms with Crippen molar-refractivity contribution in [3.63, 3.8) is 0 Å². The molecule has 2 heterocycles. The van der Waals surface area contributed by atoms with E-state index < -0.39 is 52.7 Å². The van der Waals surface area contributed by atoms with Crippen molar-refractivity contribution in [2.75, 3.05) is 6.61 Å². The third kappa shape index (κ3) is 5.99. The van der Waals surface area contributed by atoms with Crippen molar-refractivity contribution < 1.29 is 37.9 Å². The zero-order valence-electron chi connectivity index (χ0n) is 13.9. The van der Waals surface area contributed by atoms with Crippen LogP contribution < -0.4 is 15.9 Å². The molecule has 2 aliphatic rings. The fraction of sp³-hybridized carbons (Fsp3) is 0.700. The number of rotatable bonds is 7.